The Bertz CT molecular complexity index is 984. The number of anilines is 2. The van der Waals surface area contributed by atoms with Crippen LogP contribution in [0.15, 0.2) is 53.4 Å². The summed E-state index contributed by atoms with van der Waals surface area (Å²) < 4.78 is 27.1. The van der Waals surface area contributed by atoms with Crippen LogP contribution in [-0.2, 0) is 21.2 Å². The largest absolute Gasteiger partial charge is 0.374 e. The van der Waals surface area contributed by atoms with E-state index in [4.69, 9.17) is 0 Å². The van der Waals surface area contributed by atoms with Gasteiger partial charge in [-0.05, 0) is 56.0 Å². The van der Waals surface area contributed by atoms with Crippen LogP contribution in [0.25, 0.3) is 0 Å². The van der Waals surface area contributed by atoms with Crippen LogP contribution in [0, 0.1) is 0 Å². The number of carbonyl (C=O) groups excluding carboxylic acids is 1. The molecule has 4 rings (SSSR count). The second-order valence-corrected chi connectivity index (χ2v) is 9.31. The number of amides is 1. The van der Waals surface area contributed by atoms with Gasteiger partial charge in [0.1, 0.15) is 6.04 Å². The Kier molecular flexibility index (Phi) is 5.12. The first kappa shape index (κ1) is 19.0. The van der Waals surface area contributed by atoms with Crippen LogP contribution >= 0.6 is 0 Å². The molecule has 1 fully saturated rings. The topological polar surface area (TPSA) is 69.7 Å². The van der Waals surface area contributed by atoms with Crippen molar-refractivity contribution in [3.63, 3.8) is 0 Å². The van der Waals surface area contributed by atoms with Crippen molar-refractivity contribution in [3.8, 4) is 0 Å². The number of carbonyl (C=O) groups is 1. The molecule has 0 radical (unpaired) electrons. The summed E-state index contributed by atoms with van der Waals surface area (Å²) in [4.78, 5) is 15.0. The number of nitrogens with zero attached hydrogens (tertiary/aromatic N) is 2. The molecule has 6 nitrogen and oxygen atoms in total. The minimum absolute atomic E-state index is 0.0160. The summed E-state index contributed by atoms with van der Waals surface area (Å²) in [5.41, 5.74) is 2.78. The summed E-state index contributed by atoms with van der Waals surface area (Å²) in [6.07, 6.45) is 2.66. The van der Waals surface area contributed by atoms with E-state index in [2.05, 4.69) is 5.32 Å². The molecule has 1 saturated heterocycles. The molecule has 0 aromatic heterocycles. The Morgan fingerprint density at radius 3 is 2.57 bits per heavy atom. The lowest BCUT2D eigenvalue weighted by Gasteiger charge is -2.23. The van der Waals surface area contributed by atoms with E-state index >= 15 is 0 Å². The van der Waals surface area contributed by atoms with Gasteiger partial charge in [-0.2, -0.15) is 4.31 Å². The maximum absolute atomic E-state index is 12.9. The standard InChI is InChI=1S/C21H25N3O3S/c1-16(21(25)24-14-11-17-7-2-3-10-20(17)24)22-18-8-6-9-19(15-18)28(26,27)23-12-4-5-13-23/h2-3,6-10,15-16,22H,4-5,11-14H2,1H3. The third kappa shape index (κ3) is 3.52. The number of hydrogen-bond donors (Lipinski definition) is 1. The van der Waals surface area contributed by atoms with Crippen LogP contribution in [-0.4, -0.2) is 44.3 Å². The van der Waals surface area contributed by atoms with Gasteiger partial charge in [0.25, 0.3) is 0 Å². The summed E-state index contributed by atoms with van der Waals surface area (Å²) in [5.74, 6) is -0.0160. The normalized spacial score (nSPS) is 18.1. The summed E-state index contributed by atoms with van der Waals surface area (Å²) >= 11 is 0. The SMILES string of the molecule is CC(Nc1cccc(S(=O)(=O)N2CCCC2)c1)C(=O)N1CCc2ccccc21. The van der Waals surface area contributed by atoms with Crippen molar-refractivity contribution in [2.45, 2.75) is 37.1 Å². The number of sulfonamides is 1. The monoisotopic (exact) mass is 399 g/mol. The summed E-state index contributed by atoms with van der Waals surface area (Å²) in [6, 6.07) is 14.2. The molecule has 2 aromatic rings. The summed E-state index contributed by atoms with van der Waals surface area (Å²) in [7, 11) is -3.47. The maximum Gasteiger partial charge on any atom is 0.249 e. The number of para-hydroxylation sites is 1. The Morgan fingerprint density at radius 2 is 1.79 bits per heavy atom. The molecule has 148 valence electrons. The summed E-state index contributed by atoms with van der Waals surface area (Å²) in [6.45, 7) is 3.63. The van der Waals surface area contributed by atoms with Gasteiger partial charge in [-0.25, -0.2) is 8.42 Å². The molecule has 2 heterocycles. The molecular formula is C21H25N3O3S. The van der Waals surface area contributed by atoms with Crippen LogP contribution in [0.5, 0.6) is 0 Å². The van der Waals surface area contributed by atoms with E-state index in [0.29, 0.717) is 25.3 Å². The molecular weight excluding hydrogens is 374 g/mol. The third-order valence-corrected chi connectivity index (χ3v) is 7.34. The van der Waals surface area contributed by atoms with Gasteiger partial charge in [0.05, 0.1) is 4.90 Å². The lowest BCUT2D eigenvalue weighted by Crippen LogP contribution is -2.40. The third-order valence-electron chi connectivity index (χ3n) is 5.44. The molecule has 2 aliphatic heterocycles. The first-order valence-corrected chi connectivity index (χ1v) is 11.2. The maximum atomic E-state index is 12.9. The fraction of sp³-hybridized carbons (Fsp3) is 0.381. The fourth-order valence-corrected chi connectivity index (χ4v) is 5.50. The van der Waals surface area contributed by atoms with E-state index in [0.717, 1.165) is 24.9 Å². The predicted molar refractivity (Wildman–Crippen MR) is 110 cm³/mol. The van der Waals surface area contributed by atoms with Gasteiger partial charge < -0.3 is 10.2 Å². The van der Waals surface area contributed by atoms with Crippen molar-refractivity contribution < 1.29 is 13.2 Å². The minimum atomic E-state index is -3.47. The molecule has 7 heteroatoms. The fourth-order valence-electron chi connectivity index (χ4n) is 3.94. The van der Waals surface area contributed by atoms with E-state index in [-0.39, 0.29) is 10.8 Å². The predicted octanol–water partition coefficient (Wildman–Crippen LogP) is 2.86. The first-order valence-electron chi connectivity index (χ1n) is 9.73. The molecule has 1 amide bonds. The van der Waals surface area contributed by atoms with Crippen molar-refractivity contribution in [1.29, 1.82) is 0 Å². The second kappa shape index (κ2) is 7.56. The summed E-state index contributed by atoms with van der Waals surface area (Å²) in [5, 5.41) is 3.18. The molecule has 2 aliphatic rings. The van der Waals surface area contributed by atoms with E-state index in [9.17, 15) is 13.2 Å². The highest BCUT2D eigenvalue weighted by molar-refractivity contribution is 7.89. The van der Waals surface area contributed by atoms with Crippen molar-refractivity contribution in [2.75, 3.05) is 29.9 Å². The Labute approximate surface area is 166 Å². The second-order valence-electron chi connectivity index (χ2n) is 7.37. The Balaban J connectivity index is 1.49. The zero-order valence-electron chi connectivity index (χ0n) is 16.0. The van der Waals surface area contributed by atoms with Crippen LogP contribution in [0.1, 0.15) is 25.3 Å². The van der Waals surface area contributed by atoms with Gasteiger partial charge in [0.2, 0.25) is 15.9 Å². The van der Waals surface area contributed by atoms with Crippen LogP contribution in [0.3, 0.4) is 0 Å². The molecule has 0 aliphatic carbocycles. The highest BCUT2D eigenvalue weighted by Crippen LogP contribution is 2.28. The number of benzene rings is 2. The lowest BCUT2D eigenvalue weighted by molar-refractivity contribution is -0.118. The number of nitrogens with one attached hydrogen (secondary N) is 1. The highest BCUT2D eigenvalue weighted by atomic mass is 32.2. The number of fused-ring (bicyclic) bond motifs is 1. The molecule has 1 N–H and O–H groups in total. The highest BCUT2D eigenvalue weighted by Gasteiger charge is 2.29. The van der Waals surface area contributed by atoms with Gasteiger partial charge in [0.15, 0.2) is 0 Å². The first-order chi connectivity index (χ1) is 13.5. The Morgan fingerprint density at radius 1 is 1.04 bits per heavy atom. The van der Waals surface area contributed by atoms with Crippen molar-refractivity contribution in [1.82, 2.24) is 4.31 Å². The van der Waals surface area contributed by atoms with E-state index in [1.807, 2.05) is 31.2 Å². The van der Waals surface area contributed by atoms with E-state index in [1.165, 1.54) is 9.87 Å². The lowest BCUT2D eigenvalue weighted by atomic mass is 10.2. The van der Waals surface area contributed by atoms with E-state index < -0.39 is 16.1 Å². The van der Waals surface area contributed by atoms with Crippen LogP contribution in [0.4, 0.5) is 11.4 Å². The average Bonchev–Trinajstić information content (AvgIpc) is 3.38. The van der Waals surface area contributed by atoms with Gasteiger partial charge in [0, 0.05) is 31.0 Å². The smallest absolute Gasteiger partial charge is 0.249 e. The molecule has 2 aromatic carbocycles. The van der Waals surface area contributed by atoms with Gasteiger partial charge >= 0.3 is 0 Å². The van der Waals surface area contributed by atoms with Gasteiger partial charge in [-0.3, -0.25) is 4.79 Å². The number of rotatable bonds is 5. The van der Waals surface area contributed by atoms with Crippen molar-refractivity contribution >= 4 is 27.3 Å². The van der Waals surface area contributed by atoms with Gasteiger partial charge in [-0.15, -0.1) is 0 Å². The zero-order valence-corrected chi connectivity index (χ0v) is 16.8. The molecule has 28 heavy (non-hydrogen) atoms. The minimum Gasteiger partial charge on any atom is -0.374 e. The van der Waals surface area contributed by atoms with Gasteiger partial charge in [-0.1, -0.05) is 24.3 Å². The molecule has 1 atom stereocenters. The van der Waals surface area contributed by atoms with Crippen molar-refractivity contribution in [3.05, 3.63) is 54.1 Å². The van der Waals surface area contributed by atoms with Crippen molar-refractivity contribution in [2.24, 2.45) is 0 Å². The molecule has 0 bridgehead atoms. The number of hydrogen-bond acceptors (Lipinski definition) is 4. The molecule has 0 saturated carbocycles. The molecule has 1 unspecified atom stereocenters. The Hall–Kier alpha value is -2.38. The van der Waals surface area contributed by atoms with Crippen LogP contribution in [0.2, 0.25) is 0 Å². The zero-order chi connectivity index (χ0) is 19.7. The average molecular weight is 400 g/mol. The van der Waals surface area contributed by atoms with Crippen LogP contribution < -0.4 is 10.2 Å². The quantitative estimate of drug-likeness (QED) is 0.839. The molecule has 0 spiro atoms. The van der Waals surface area contributed by atoms with E-state index in [1.54, 1.807) is 29.2 Å².